The van der Waals surface area contributed by atoms with Crippen LogP contribution in [0.25, 0.3) is 0 Å². The van der Waals surface area contributed by atoms with Crippen LogP contribution in [0, 0.1) is 39.0 Å². The Balaban J connectivity index is 3.21. The number of nitriles is 1. The highest BCUT2D eigenvalue weighted by atomic mass is 16.1. The summed E-state index contributed by atoms with van der Waals surface area (Å²) in [5.74, 6) is -0.576. The standard InChI is InChI=1S/C16H22N2O/c1-10-7-11(2)13(4)15(12(10)3)16(5,6)9-18-14(19)8-17/h7H,9H2,1-6H3,(H,18,19). The van der Waals surface area contributed by atoms with Crippen LogP contribution < -0.4 is 5.32 Å². The Morgan fingerprint density at radius 2 is 1.68 bits per heavy atom. The number of carbonyl (C=O) groups is 1. The van der Waals surface area contributed by atoms with E-state index in [1.807, 2.05) is 0 Å². The first-order valence-corrected chi connectivity index (χ1v) is 6.46. The van der Waals surface area contributed by atoms with E-state index in [1.54, 1.807) is 6.07 Å². The Bertz CT molecular complexity index is 525. The molecule has 0 heterocycles. The molecule has 0 atom stereocenters. The molecule has 0 saturated carbocycles. The second kappa shape index (κ2) is 5.44. The average molecular weight is 258 g/mol. The van der Waals surface area contributed by atoms with Crippen molar-refractivity contribution >= 4 is 5.91 Å². The molecule has 0 aliphatic rings. The fourth-order valence-electron chi connectivity index (χ4n) is 2.66. The van der Waals surface area contributed by atoms with Crippen LogP contribution in [-0.2, 0) is 10.2 Å². The largest absolute Gasteiger partial charge is 0.343 e. The maximum atomic E-state index is 11.1. The number of hydrogen-bond acceptors (Lipinski definition) is 2. The van der Waals surface area contributed by atoms with Gasteiger partial charge in [0, 0.05) is 12.0 Å². The Morgan fingerprint density at radius 3 is 2.11 bits per heavy atom. The third kappa shape index (κ3) is 3.14. The van der Waals surface area contributed by atoms with Crippen LogP contribution in [0.3, 0.4) is 0 Å². The van der Waals surface area contributed by atoms with Gasteiger partial charge in [0.25, 0.3) is 0 Å². The fourth-order valence-corrected chi connectivity index (χ4v) is 2.66. The second-order valence-electron chi connectivity index (χ2n) is 5.81. The van der Waals surface area contributed by atoms with Gasteiger partial charge in [-0.25, -0.2) is 0 Å². The van der Waals surface area contributed by atoms with Gasteiger partial charge in [-0.3, -0.25) is 4.79 Å². The third-order valence-electron chi connectivity index (χ3n) is 3.84. The highest BCUT2D eigenvalue weighted by molar-refractivity contribution is 5.91. The summed E-state index contributed by atoms with van der Waals surface area (Å²) in [6, 6.07) is 3.78. The van der Waals surface area contributed by atoms with E-state index in [4.69, 9.17) is 5.26 Å². The summed E-state index contributed by atoms with van der Waals surface area (Å²) in [6.07, 6.45) is 0. The number of nitrogens with zero attached hydrogens (tertiary/aromatic N) is 1. The van der Waals surface area contributed by atoms with Crippen LogP contribution in [0.4, 0.5) is 0 Å². The van der Waals surface area contributed by atoms with Crippen LogP contribution in [0.1, 0.15) is 41.7 Å². The molecule has 3 heteroatoms. The van der Waals surface area contributed by atoms with Gasteiger partial charge >= 0.3 is 5.91 Å². The van der Waals surface area contributed by atoms with Crippen LogP contribution in [-0.4, -0.2) is 12.5 Å². The van der Waals surface area contributed by atoms with E-state index < -0.39 is 5.91 Å². The Labute approximate surface area is 115 Å². The second-order valence-corrected chi connectivity index (χ2v) is 5.81. The summed E-state index contributed by atoms with van der Waals surface area (Å²) in [7, 11) is 0. The van der Waals surface area contributed by atoms with E-state index in [9.17, 15) is 4.79 Å². The number of hydrogen-bond donors (Lipinski definition) is 1. The minimum absolute atomic E-state index is 0.197. The summed E-state index contributed by atoms with van der Waals surface area (Å²) in [6.45, 7) is 13.1. The van der Waals surface area contributed by atoms with Crippen LogP contribution in [0.15, 0.2) is 6.07 Å². The highest BCUT2D eigenvalue weighted by Crippen LogP contribution is 2.32. The number of amides is 1. The zero-order valence-corrected chi connectivity index (χ0v) is 12.6. The number of aryl methyl sites for hydroxylation is 2. The van der Waals surface area contributed by atoms with Crippen molar-refractivity contribution in [2.45, 2.75) is 47.0 Å². The first-order valence-electron chi connectivity index (χ1n) is 6.46. The van der Waals surface area contributed by atoms with Crippen molar-refractivity contribution in [3.63, 3.8) is 0 Å². The number of nitrogens with one attached hydrogen (secondary N) is 1. The van der Waals surface area contributed by atoms with Crippen molar-refractivity contribution in [3.8, 4) is 6.07 Å². The molecular weight excluding hydrogens is 236 g/mol. The highest BCUT2D eigenvalue weighted by Gasteiger charge is 2.26. The normalized spacial score (nSPS) is 11.0. The molecule has 1 N–H and O–H groups in total. The number of carbonyl (C=O) groups excluding carboxylic acids is 1. The lowest BCUT2D eigenvalue weighted by atomic mass is 9.77. The molecule has 0 spiro atoms. The smallest absolute Gasteiger partial charge is 0.322 e. The summed E-state index contributed by atoms with van der Waals surface area (Å²) in [4.78, 5) is 11.1. The van der Waals surface area contributed by atoms with Gasteiger partial charge in [-0.1, -0.05) is 19.9 Å². The number of rotatable bonds is 3. The Kier molecular flexibility index (Phi) is 4.36. The summed E-state index contributed by atoms with van der Waals surface area (Å²) >= 11 is 0. The Hall–Kier alpha value is -1.82. The molecule has 0 aromatic heterocycles. The van der Waals surface area contributed by atoms with E-state index in [0.29, 0.717) is 6.54 Å². The van der Waals surface area contributed by atoms with Crippen molar-refractivity contribution in [1.82, 2.24) is 5.32 Å². The molecule has 102 valence electrons. The van der Waals surface area contributed by atoms with Gasteiger partial charge < -0.3 is 5.32 Å². The lowest BCUT2D eigenvalue weighted by Crippen LogP contribution is -2.37. The SMILES string of the molecule is Cc1cc(C)c(C)c(C(C)(C)CNC(=O)C#N)c1C. The predicted octanol–water partition coefficient (Wildman–Crippen LogP) is 2.84. The minimum atomic E-state index is -0.576. The lowest BCUT2D eigenvalue weighted by Gasteiger charge is -2.30. The summed E-state index contributed by atoms with van der Waals surface area (Å²) in [5.41, 5.74) is 6.12. The molecule has 0 aliphatic carbocycles. The molecular formula is C16H22N2O. The molecule has 1 rings (SSSR count). The first-order chi connectivity index (χ1) is 8.70. The molecule has 0 fully saturated rings. The summed E-state index contributed by atoms with van der Waals surface area (Å²) < 4.78 is 0. The van der Waals surface area contributed by atoms with Gasteiger partial charge in [0.05, 0.1) is 0 Å². The van der Waals surface area contributed by atoms with Crippen molar-refractivity contribution in [2.75, 3.05) is 6.54 Å². The molecule has 1 aromatic rings. The summed E-state index contributed by atoms with van der Waals surface area (Å²) in [5, 5.41) is 11.2. The van der Waals surface area contributed by atoms with E-state index >= 15 is 0 Å². The molecule has 0 saturated heterocycles. The van der Waals surface area contributed by atoms with E-state index in [-0.39, 0.29) is 5.41 Å². The van der Waals surface area contributed by atoms with Gasteiger partial charge in [0.15, 0.2) is 6.07 Å². The van der Waals surface area contributed by atoms with Gasteiger partial charge in [-0.15, -0.1) is 0 Å². The topological polar surface area (TPSA) is 52.9 Å². The molecule has 0 aliphatic heterocycles. The molecule has 1 aromatic carbocycles. The van der Waals surface area contributed by atoms with Gasteiger partial charge in [0.1, 0.15) is 0 Å². The molecule has 1 amide bonds. The van der Waals surface area contributed by atoms with Crippen molar-refractivity contribution in [1.29, 1.82) is 5.26 Å². The van der Waals surface area contributed by atoms with Crippen LogP contribution in [0.2, 0.25) is 0 Å². The zero-order chi connectivity index (χ0) is 14.8. The lowest BCUT2D eigenvalue weighted by molar-refractivity contribution is -0.116. The minimum Gasteiger partial charge on any atom is -0.343 e. The molecule has 3 nitrogen and oxygen atoms in total. The number of benzene rings is 1. The third-order valence-corrected chi connectivity index (χ3v) is 3.84. The van der Waals surface area contributed by atoms with Gasteiger partial charge in [-0.05, 0) is 55.5 Å². The zero-order valence-electron chi connectivity index (χ0n) is 12.6. The average Bonchev–Trinajstić information content (AvgIpc) is 2.33. The van der Waals surface area contributed by atoms with Gasteiger partial charge in [0.2, 0.25) is 0 Å². The van der Waals surface area contributed by atoms with Crippen LogP contribution >= 0.6 is 0 Å². The molecule has 0 radical (unpaired) electrons. The predicted molar refractivity (Wildman–Crippen MR) is 77.0 cm³/mol. The monoisotopic (exact) mass is 258 g/mol. The molecule has 0 unspecified atom stereocenters. The molecule has 0 bridgehead atoms. The maximum absolute atomic E-state index is 11.1. The first kappa shape index (κ1) is 15.2. The van der Waals surface area contributed by atoms with Crippen molar-refractivity contribution in [3.05, 3.63) is 33.9 Å². The van der Waals surface area contributed by atoms with E-state index in [1.165, 1.54) is 27.8 Å². The Morgan fingerprint density at radius 1 is 1.21 bits per heavy atom. The van der Waals surface area contributed by atoms with Crippen molar-refractivity contribution < 1.29 is 4.79 Å². The molecule has 19 heavy (non-hydrogen) atoms. The van der Waals surface area contributed by atoms with Gasteiger partial charge in [-0.2, -0.15) is 5.26 Å². The van der Waals surface area contributed by atoms with Crippen molar-refractivity contribution in [2.24, 2.45) is 0 Å². The van der Waals surface area contributed by atoms with Crippen LogP contribution in [0.5, 0.6) is 0 Å². The quantitative estimate of drug-likeness (QED) is 0.848. The van der Waals surface area contributed by atoms with E-state index in [2.05, 4.69) is 52.9 Å². The fraction of sp³-hybridized carbons (Fsp3) is 0.500. The van der Waals surface area contributed by atoms with E-state index in [0.717, 1.165) is 0 Å². The maximum Gasteiger partial charge on any atom is 0.322 e.